The maximum absolute atomic E-state index is 12.2. The van der Waals surface area contributed by atoms with E-state index in [1.165, 1.54) is 25.3 Å². The first-order valence-corrected chi connectivity index (χ1v) is 9.70. The second-order valence-electron chi connectivity index (χ2n) is 6.46. The third-order valence-corrected chi connectivity index (χ3v) is 5.65. The van der Waals surface area contributed by atoms with Crippen molar-refractivity contribution in [3.8, 4) is 0 Å². The van der Waals surface area contributed by atoms with Gasteiger partial charge in [-0.05, 0) is 26.0 Å². The van der Waals surface area contributed by atoms with Crippen molar-refractivity contribution in [2.24, 2.45) is 0 Å². The van der Waals surface area contributed by atoms with E-state index >= 15 is 0 Å². The molecular formula is C17H20N2O7S. The first kappa shape index (κ1) is 19.5. The molecule has 2 aromatic rings. The van der Waals surface area contributed by atoms with Crippen molar-refractivity contribution in [3.63, 3.8) is 0 Å². The van der Waals surface area contributed by atoms with Crippen LogP contribution in [0.3, 0.4) is 0 Å². The van der Waals surface area contributed by atoms with Gasteiger partial charge in [-0.25, -0.2) is 4.79 Å². The van der Waals surface area contributed by atoms with Crippen LogP contribution in [0.2, 0.25) is 0 Å². The molecule has 0 aliphatic carbocycles. The van der Waals surface area contributed by atoms with Gasteiger partial charge in [-0.2, -0.15) is 8.42 Å². The van der Waals surface area contributed by atoms with E-state index in [0.29, 0.717) is 5.56 Å². The summed E-state index contributed by atoms with van der Waals surface area (Å²) >= 11 is 0. The van der Waals surface area contributed by atoms with E-state index in [2.05, 4.69) is 4.98 Å². The molecule has 0 spiro atoms. The van der Waals surface area contributed by atoms with Crippen molar-refractivity contribution in [2.45, 2.75) is 43.6 Å². The van der Waals surface area contributed by atoms with Gasteiger partial charge in [0.2, 0.25) is 0 Å². The lowest BCUT2D eigenvalue weighted by atomic mass is 10.2. The lowest BCUT2D eigenvalue weighted by Gasteiger charge is -2.16. The second kappa shape index (κ2) is 7.39. The SMILES string of the molecule is Cc1ccc(S(=O)(=O)OC[C@H]2O[C@H](n3cc(C)c(=O)[nH]c3=O)C[C@H]2O)cc1. The van der Waals surface area contributed by atoms with Crippen LogP contribution in [0.4, 0.5) is 0 Å². The molecule has 1 fully saturated rings. The smallest absolute Gasteiger partial charge is 0.330 e. The minimum atomic E-state index is -4.00. The number of H-pyrrole nitrogens is 1. The molecule has 0 amide bonds. The van der Waals surface area contributed by atoms with Crippen LogP contribution in [-0.2, 0) is 19.0 Å². The lowest BCUT2D eigenvalue weighted by Crippen LogP contribution is -2.33. The Bertz CT molecular complexity index is 1040. The maximum atomic E-state index is 12.2. The van der Waals surface area contributed by atoms with Crippen LogP contribution in [0.1, 0.15) is 23.8 Å². The van der Waals surface area contributed by atoms with E-state index in [1.54, 1.807) is 12.1 Å². The Kier molecular flexibility index (Phi) is 5.33. The molecule has 0 saturated carbocycles. The van der Waals surface area contributed by atoms with Gasteiger partial charge < -0.3 is 9.84 Å². The van der Waals surface area contributed by atoms with Gasteiger partial charge in [-0.15, -0.1) is 0 Å². The van der Waals surface area contributed by atoms with E-state index < -0.39 is 46.4 Å². The molecule has 1 saturated heterocycles. The van der Waals surface area contributed by atoms with Crippen LogP contribution < -0.4 is 11.2 Å². The van der Waals surface area contributed by atoms with Crippen LogP contribution in [0, 0.1) is 13.8 Å². The molecule has 146 valence electrons. The van der Waals surface area contributed by atoms with Gasteiger partial charge >= 0.3 is 5.69 Å². The fourth-order valence-corrected chi connectivity index (χ4v) is 3.68. The fourth-order valence-electron chi connectivity index (χ4n) is 2.77. The number of aromatic amines is 1. The normalized spacial score (nSPS) is 22.9. The van der Waals surface area contributed by atoms with Crippen LogP contribution in [0.15, 0.2) is 44.9 Å². The monoisotopic (exact) mass is 396 g/mol. The Labute approximate surface area is 155 Å². The van der Waals surface area contributed by atoms with Gasteiger partial charge in [-0.1, -0.05) is 17.7 Å². The van der Waals surface area contributed by atoms with E-state index in [4.69, 9.17) is 8.92 Å². The topological polar surface area (TPSA) is 128 Å². The van der Waals surface area contributed by atoms with Gasteiger partial charge in [0.15, 0.2) is 0 Å². The Morgan fingerprint density at radius 2 is 1.93 bits per heavy atom. The van der Waals surface area contributed by atoms with Gasteiger partial charge in [0.05, 0.1) is 17.6 Å². The number of ether oxygens (including phenoxy) is 1. The Balaban J connectivity index is 1.70. The first-order chi connectivity index (χ1) is 12.7. The minimum Gasteiger partial charge on any atom is -0.390 e. The van der Waals surface area contributed by atoms with E-state index in [9.17, 15) is 23.1 Å². The van der Waals surface area contributed by atoms with Crippen LogP contribution in [0.5, 0.6) is 0 Å². The molecule has 0 unspecified atom stereocenters. The standard InChI is InChI=1S/C17H20N2O7S/c1-10-3-5-12(6-4-10)27(23,24)25-9-14-13(20)7-15(26-14)19-8-11(2)16(21)18-17(19)22/h3-6,8,13-15,20H,7,9H2,1-2H3,(H,18,21,22)/t13-,14-,15+/m1/s1. The predicted octanol–water partition coefficient (Wildman–Crippen LogP) is 0.207. The molecule has 9 nitrogen and oxygen atoms in total. The molecule has 3 atom stereocenters. The number of benzene rings is 1. The number of aromatic nitrogens is 2. The van der Waals surface area contributed by atoms with Gasteiger partial charge in [0.25, 0.3) is 15.7 Å². The summed E-state index contributed by atoms with van der Waals surface area (Å²) < 4.78 is 36.2. The average Bonchev–Trinajstić information content (AvgIpc) is 2.97. The summed E-state index contributed by atoms with van der Waals surface area (Å²) in [6.45, 7) is 2.97. The Hall–Kier alpha value is -2.27. The molecule has 3 rings (SSSR count). The van der Waals surface area contributed by atoms with Gasteiger partial charge in [0.1, 0.15) is 12.3 Å². The van der Waals surface area contributed by atoms with Crippen LogP contribution in [0.25, 0.3) is 0 Å². The van der Waals surface area contributed by atoms with Crippen LogP contribution >= 0.6 is 0 Å². The average molecular weight is 396 g/mol. The summed E-state index contributed by atoms with van der Waals surface area (Å²) in [4.78, 5) is 25.6. The number of nitrogens with zero attached hydrogens (tertiary/aromatic N) is 1. The van der Waals surface area contributed by atoms with E-state index in [0.717, 1.165) is 10.1 Å². The zero-order chi connectivity index (χ0) is 19.8. The third kappa shape index (κ3) is 4.19. The third-order valence-electron chi connectivity index (χ3n) is 4.36. The molecule has 1 aromatic heterocycles. The molecule has 27 heavy (non-hydrogen) atoms. The lowest BCUT2D eigenvalue weighted by molar-refractivity contribution is -0.0400. The molecule has 10 heteroatoms. The number of rotatable bonds is 5. The second-order valence-corrected chi connectivity index (χ2v) is 8.08. The number of nitrogens with one attached hydrogen (secondary N) is 1. The van der Waals surface area contributed by atoms with Gasteiger partial charge in [0, 0.05) is 18.2 Å². The minimum absolute atomic E-state index is 0.00427. The molecule has 1 aliphatic heterocycles. The largest absolute Gasteiger partial charge is 0.390 e. The van der Waals surface area contributed by atoms with E-state index in [-0.39, 0.29) is 11.3 Å². The summed E-state index contributed by atoms with van der Waals surface area (Å²) in [7, 11) is -4.00. The molecule has 1 aliphatic rings. The highest BCUT2D eigenvalue weighted by Gasteiger charge is 2.37. The summed E-state index contributed by atoms with van der Waals surface area (Å²) in [5.74, 6) is 0. The zero-order valence-corrected chi connectivity index (χ0v) is 15.6. The Morgan fingerprint density at radius 3 is 2.59 bits per heavy atom. The van der Waals surface area contributed by atoms with Crippen molar-refractivity contribution in [1.82, 2.24) is 9.55 Å². The quantitative estimate of drug-likeness (QED) is 0.691. The van der Waals surface area contributed by atoms with Crippen molar-refractivity contribution >= 4 is 10.1 Å². The molecular weight excluding hydrogens is 376 g/mol. The number of aryl methyl sites for hydroxylation is 2. The predicted molar refractivity (Wildman–Crippen MR) is 94.9 cm³/mol. The Morgan fingerprint density at radius 1 is 1.26 bits per heavy atom. The van der Waals surface area contributed by atoms with Crippen molar-refractivity contribution in [3.05, 3.63) is 62.4 Å². The molecule has 0 radical (unpaired) electrons. The van der Waals surface area contributed by atoms with Crippen molar-refractivity contribution < 1.29 is 22.4 Å². The fraction of sp³-hybridized carbons (Fsp3) is 0.412. The first-order valence-electron chi connectivity index (χ1n) is 8.29. The highest BCUT2D eigenvalue weighted by atomic mass is 32.2. The number of hydrogen-bond acceptors (Lipinski definition) is 7. The number of aliphatic hydroxyl groups is 1. The maximum Gasteiger partial charge on any atom is 0.330 e. The summed E-state index contributed by atoms with van der Waals surface area (Å²) in [5.41, 5.74) is 0.0535. The zero-order valence-electron chi connectivity index (χ0n) is 14.8. The molecule has 2 N–H and O–H groups in total. The molecule has 1 aromatic carbocycles. The van der Waals surface area contributed by atoms with Gasteiger partial charge in [-0.3, -0.25) is 18.5 Å². The molecule has 0 bridgehead atoms. The summed E-state index contributed by atoms with van der Waals surface area (Å²) in [6.07, 6.45) is -1.40. The number of hydrogen-bond donors (Lipinski definition) is 2. The molecule has 2 heterocycles. The summed E-state index contributed by atoms with van der Waals surface area (Å²) in [6, 6.07) is 6.17. The number of aliphatic hydroxyl groups excluding tert-OH is 1. The van der Waals surface area contributed by atoms with Crippen LogP contribution in [-0.4, -0.2) is 41.9 Å². The van der Waals surface area contributed by atoms with E-state index in [1.807, 2.05) is 6.92 Å². The highest BCUT2D eigenvalue weighted by Crippen LogP contribution is 2.28. The summed E-state index contributed by atoms with van der Waals surface area (Å²) in [5, 5.41) is 10.2. The van der Waals surface area contributed by atoms with Crippen molar-refractivity contribution in [1.29, 1.82) is 0 Å². The highest BCUT2D eigenvalue weighted by molar-refractivity contribution is 7.86. The van der Waals surface area contributed by atoms with Crippen molar-refractivity contribution in [2.75, 3.05) is 6.61 Å².